The van der Waals surface area contributed by atoms with Crippen LogP contribution < -0.4 is 4.74 Å². The van der Waals surface area contributed by atoms with E-state index in [1.807, 2.05) is 6.07 Å². The molecule has 1 aliphatic rings. The molecule has 0 atom stereocenters. The summed E-state index contributed by atoms with van der Waals surface area (Å²) < 4.78 is 5.43. The number of rotatable bonds is 4. The fourth-order valence-electron chi connectivity index (χ4n) is 2.82. The SMILES string of the molecule is COc1c(Cl)cc(CC(C)=O)cc1C1CCCC1. The molecule has 0 N–H and O–H groups in total. The quantitative estimate of drug-likeness (QED) is 0.819. The number of ether oxygens (including phenoxy) is 1. The summed E-state index contributed by atoms with van der Waals surface area (Å²) >= 11 is 6.26. The van der Waals surface area contributed by atoms with Gasteiger partial charge >= 0.3 is 0 Å². The number of Topliss-reactive ketones (excluding diaryl/α,β-unsaturated/α-hetero) is 1. The molecule has 0 spiro atoms. The first-order valence-electron chi connectivity index (χ1n) is 6.47. The lowest BCUT2D eigenvalue weighted by atomic mass is 9.93. The van der Waals surface area contributed by atoms with E-state index in [4.69, 9.17) is 16.3 Å². The topological polar surface area (TPSA) is 26.3 Å². The van der Waals surface area contributed by atoms with Crippen LogP contribution in [0.1, 0.15) is 49.7 Å². The molecule has 1 aromatic carbocycles. The second-order valence-electron chi connectivity index (χ2n) is 5.06. The Morgan fingerprint density at radius 3 is 2.61 bits per heavy atom. The minimum atomic E-state index is 0.161. The summed E-state index contributed by atoms with van der Waals surface area (Å²) in [5.41, 5.74) is 2.17. The van der Waals surface area contributed by atoms with Crippen LogP contribution in [0.25, 0.3) is 0 Å². The number of methoxy groups -OCH3 is 1. The van der Waals surface area contributed by atoms with Gasteiger partial charge in [0.05, 0.1) is 12.1 Å². The average molecular weight is 267 g/mol. The van der Waals surface area contributed by atoms with Gasteiger partial charge < -0.3 is 4.74 Å². The number of carbonyl (C=O) groups excluding carboxylic acids is 1. The summed E-state index contributed by atoms with van der Waals surface area (Å²) in [4.78, 5) is 11.2. The maximum Gasteiger partial charge on any atom is 0.140 e. The van der Waals surface area contributed by atoms with Crippen molar-refractivity contribution in [3.8, 4) is 5.75 Å². The predicted molar refractivity (Wildman–Crippen MR) is 73.6 cm³/mol. The van der Waals surface area contributed by atoms with Crippen LogP contribution in [0.4, 0.5) is 0 Å². The minimum Gasteiger partial charge on any atom is -0.495 e. The lowest BCUT2D eigenvalue weighted by Crippen LogP contribution is -2.02. The highest BCUT2D eigenvalue weighted by Gasteiger charge is 2.22. The molecule has 1 saturated carbocycles. The second kappa shape index (κ2) is 5.75. The fraction of sp³-hybridized carbons (Fsp3) is 0.533. The molecule has 0 amide bonds. The summed E-state index contributed by atoms with van der Waals surface area (Å²) in [6.07, 6.45) is 5.36. The largest absolute Gasteiger partial charge is 0.495 e. The number of ketones is 1. The van der Waals surface area contributed by atoms with E-state index in [1.165, 1.54) is 31.2 Å². The third-order valence-corrected chi connectivity index (χ3v) is 3.87. The standard InChI is InChI=1S/C15H19ClO2/c1-10(17)7-11-8-13(12-5-3-4-6-12)15(18-2)14(16)9-11/h8-9,12H,3-7H2,1-2H3. The molecule has 1 aliphatic carbocycles. The molecule has 3 heteroatoms. The number of benzene rings is 1. The summed E-state index contributed by atoms with van der Waals surface area (Å²) in [6.45, 7) is 1.60. The summed E-state index contributed by atoms with van der Waals surface area (Å²) in [7, 11) is 1.66. The van der Waals surface area contributed by atoms with Crippen molar-refractivity contribution in [1.29, 1.82) is 0 Å². The van der Waals surface area contributed by atoms with Crippen molar-refractivity contribution < 1.29 is 9.53 Å². The van der Waals surface area contributed by atoms with Crippen molar-refractivity contribution in [2.75, 3.05) is 7.11 Å². The summed E-state index contributed by atoms with van der Waals surface area (Å²) in [5, 5.41) is 0.623. The first kappa shape index (κ1) is 13.4. The molecule has 0 aliphatic heterocycles. The van der Waals surface area contributed by atoms with E-state index >= 15 is 0 Å². The Morgan fingerprint density at radius 2 is 2.06 bits per heavy atom. The van der Waals surface area contributed by atoms with E-state index < -0.39 is 0 Å². The average Bonchev–Trinajstić information content (AvgIpc) is 2.80. The van der Waals surface area contributed by atoms with Crippen LogP contribution in [0, 0.1) is 0 Å². The summed E-state index contributed by atoms with van der Waals surface area (Å²) in [5.74, 6) is 1.48. The van der Waals surface area contributed by atoms with E-state index in [2.05, 4.69) is 6.07 Å². The Morgan fingerprint density at radius 1 is 1.39 bits per heavy atom. The van der Waals surface area contributed by atoms with Gasteiger partial charge in [0.1, 0.15) is 11.5 Å². The van der Waals surface area contributed by atoms with Crippen LogP contribution in [0.3, 0.4) is 0 Å². The molecule has 1 fully saturated rings. The van der Waals surface area contributed by atoms with Crippen molar-refractivity contribution in [3.63, 3.8) is 0 Å². The van der Waals surface area contributed by atoms with Crippen molar-refractivity contribution in [2.24, 2.45) is 0 Å². The first-order valence-corrected chi connectivity index (χ1v) is 6.85. The molecule has 2 rings (SSSR count). The predicted octanol–water partition coefficient (Wildman–Crippen LogP) is 4.14. The number of carbonyl (C=O) groups is 1. The maximum atomic E-state index is 11.2. The van der Waals surface area contributed by atoms with Crippen LogP contribution >= 0.6 is 11.6 Å². The maximum absolute atomic E-state index is 11.2. The Kier molecular flexibility index (Phi) is 4.28. The fourth-order valence-corrected chi connectivity index (χ4v) is 3.14. The van der Waals surface area contributed by atoms with Gasteiger partial charge in [0.15, 0.2) is 0 Å². The molecule has 0 heterocycles. The highest BCUT2D eigenvalue weighted by Crippen LogP contribution is 2.42. The minimum absolute atomic E-state index is 0.161. The van der Waals surface area contributed by atoms with Gasteiger partial charge in [-0.2, -0.15) is 0 Å². The van der Waals surface area contributed by atoms with E-state index in [-0.39, 0.29) is 5.78 Å². The monoisotopic (exact) mass is 266 g/mol. The van der Waals surface area contributed by atoms with Crippen molar-refractivity contribution in [2.45, 2.75) is 44.9 Å². The Hall–Kier alpha value is -1.02. The van der Waals surface area contributed by atoms with E-state index in [1.54, 1.807) is 14.0 Å². The first-order chi connectivity index (χ1) is 8.61. The van der Waals surface area contributed by atoms with Gasteiger partial charge in [0, 0.05) is 6.42 Å². The summed E-state index contributed by atoms with van der Waals surface area (Å²) in [6, 6.07) is 3.95. The van der Waals surface area contributed by atoms with Gasteiger partial charge in [-0.25, -0.2) is 0 Å². The van der Waals surface area contributed by atoms with Crippen LogP contribution in [-0.4, -0.2) is 12.9 Å². The van der Waals surface area contributed by atoms with Crippen LogP contribution in [0.5, 0.6) is 5.75 Å². The van der Waals surface area contributed by atoms with Gasteiger partial charge in [-0.05, 0) is 42.9 Å². The Balaban J connectivity index is 2.39. The van der Waals surface area contributed by atoms with E-state index in [9.17, 15) is 4.79 Å². The number of halogens is 1. The lowest BCUT2D eigenvalue weighted by Gasteiger charge is -2.17. The highest BCUT2D eigenvalue weighted by molar-refractivity contribution is 6.32. The van der Waals surface area contributed by atoms with Gasteiger partial charge in [0.2, 0.25) is 0 Å². The van der Waals surface area contributed by atoms with Crippen molar-refractivity contribution >= 4 is 17.4 Å². The van der Waals surface area contributed by atoms with E-state index in [0.29, 0.717) is 17.4 Å². The zero-order chi connectivity index (χ0) is 13.1. The molecular weight excluding hydrogens is 248 g/mol. The third kappa shape index (κ3) is 2.86. The third-order valence-electron chi connectivity index (χ3n) is 3.58. The van der Waals surface area contributed by atoms with E-state index in [0.717, 1.165) is 11.3 Å². The Bertz CT molecular complexity index is 448. The molecule has 0 radical (unpaired) electrons. The van der Waals surface area contributed by atoms with Gasteiger partial charge in [0.25, 0.3) is 0 Å². The molecular formula is C15H19ClO2. The normalized spacial score (nSPS) is 15.9. The van der Waals surface area contributed by atoms with Crippen LogP contribution in [-0.2, 0) is 11.2 Å². The molecule has 2 nitrogen and oxygen atoms in total. The zero-order valence-corrected chi connectivity index (χ0v) is 11.7. The molecule has 0 unspecified atom stereocenters. The number of hydrogen-bond acceptors (Lipinski definition) is 2. The molecule has 0 aromatic heterocycles. The highest BCUT2D eigenvalue weighted by atomic mass is 35.5. The van der Waals surface area contributed by atoms with Gasteiger partial charge in [-0.3, -0.25) is 4.79 Å². The molecule has 18 heavy (non-hydrogen) atoms. The molecule has 0 bridgehead atoms. The lowest BCUT2D eigenvalue weighted by molar-refractivity contribution is -0.116. The van der Waals surface area contributed by atoms with Gasteiger partial charge in [-0.15, -0.1) is 0 Å². The van der Waals surface area contributed by atoms with Crippen molar-refractivity contribution in [1.82, 2.24) is 0 Å². The Labute approximate surface area is 113 Å². The molecule has 0 saturated heterocycles. The molecule has 1 aromatic rings. The van der Waals surface area contributed by atoms with Crippen LogP contribution in [0.15, 0.2) is 12.1 Å². The smallest absolute Gasteiger partial charge is 0.140 e. The molecule has 98 valence electrons. The van der Waals surface area contributed by atoms with Crippen LogP contribution in [0.2, 0.25) is 5.02 Å². The van der Waals surface area contributed by atoms with Gasteiger partial charge in [-0.1, -0.05) is 30.5 Å². The zero-order valence-electron chi connectivity index (χ0n) is 11.0. The number of hydrogen-bond donors (Lipinski definition) is 0. The van der Waals surface area contributed by atoms with Crippen molar-refractivity contribution in [3.05, 3.63) is 28.3 Å². The second-order valence-corrected chi connectivity index (χ2v) is 5.47.